The van der Waals surface area contributed by atoms with E-state index in [9.17, 15) is 18.4 Å². The van der Waals surface area contributed by atoms with E-state index < -0.39 is 18.3 Å². The average molecular weight is 230 g/mol. The highest BCUT2D eigenvalue weighted by Gasteiger charge is 2.14. The second kappa shape index (κ2) is 5.15. The zero-order valence-corrected chi connectivity index (χ0v) is 7.98. The molecule has 0 saturated heterocycles. The fourth-order valence-electron chi connectivity index (χ4n) is 0.955. The quantitative estimate of drug-likeness (QED) is 0.805. The number of nitrogens with one attached hydrogen (secondary N) is 1. The zero-order chi connectivity index (χ0) is 12.1. The van der Waals surface area contributed by atoms with Gasteiger partial charge in [0.2, 0.25) is 0 Å². The van der Waals surface area contributed by atoms with E-state index in [4.69, 9.17) is 5.11 Å². The van der Waals surface area contributed by atoms with E-state index in [1.165, 1.54) is 12.1 Å². The summed E-state index contributed by atoms with van der Waals surface area (Å²) in [7, 11) is 0. The summed E-state index contributed by atoms with van der Waals surface area (Å²) >= 11 is 0. The Morgan fingerprint density at radius 3 is 2.56 bits per heavy atom. The lowest BCUT2D eigenvalue weighted by molar-refractivity contribution is -0.136. The topological polar surface area (TPSA) is 79.3 Å². The smallest absolute Gasteiger partial charge is 0.315 e. The van der Waals surface area contributed by atoms with Gasteiger partial charge in [0.25, 0.3) is 5.91 Å². The SMILES string of the molecule is O=C(O)Cc1ccc(NC(=O)C(F)F)cn1. The van der Waals surface area contributed by atoms with Gasteiger partial charge in [-0.1, -0.05) is 0 Å². The fraction of sp³-hybridized carbons (Fsp3) is 0.222. The molecule has 0 aliphatic heterocycles. The van der Waals surface area contributed by atoms with Crippen molar-refractivity contribution in [3.63, 3.8) is 0 Å². The van der Waals surface area contributed by atoms with Crippen LogP contribution in [0.15, 0.2) is 18.3 Å². The molecular weight excluding hydrogens is 222 g/mol. The number of alkyl halides is 2. The van der Waals surface area contributed by atoms with Gasteiger partial charge < -0.3 is 10.4 Å². The Morgan fingerprint density at radius 2 is 2.12 bits per heavy atom. The summed E-state index contributed by atoms with van der Waals surface area (Å²) in [4.78, 5) is 24.6. The Labute approximate surface area is 89.1 Å². The minimum Gasteiger partial charge on any atom is -0.481 e. The number of carbonyl (C=O) groups excluding carboxylic acids is 1. The van der Waals surface area contributed by atoms with Crippen molar-refractivity contribution < 1.29 is 23.5 Å². The lowest BCUT2D eigenvalue weighted by atomic mass is 10.2. The summed E-state index contributed by atoms with van der Waals surface area (Å²) in [6.07, 6.45) is -2.24. The number of amides is 1. The van der Waals surface area contributed by atoms with Crippen LogP contribution in [0, 0.1) is 0 Å². The minimum atomic E-state index is -3.10. The largest absolute Gasteiger partial charge is 0.481 e. The number of hydrogen-bond acceptors (Lipinski definition) is 3. The van der Waals surface area contributed by atoms with E-state index in [0.29, 0.717) is 0 Å². The van der Waals surface area contributed by atoms with E-state index in [1.807, 2.05) is 5.32 Å². The van der Waals surface area contributed by atoms with Crippen molar-refractivity contribution >= 4 is 17.6 Å². The monoisotopic (exact) mass is 230 g/mol. The van der Waals surface area contributed by atoms with Gasteiger partial charge >= 0.3 is 12.4 Å². The van der Waals surface area contributed by atoms with Crippen LogP contribution in [-0.4, -0.2) is 28.4 Å². The molecule has 5 nitrogen and oxygen atoms in total. The van der Waals surface area contributed by atoms with Crippen molar-refractivity contribution in [2.45, 2.75) is 12.8 Å². The zero-order valence-electron chi connectivity index (χ0n) is 7.98. The number of carbonyl (C=O) groups is 2. The van der Waals surface area contributed by atoms with Crippen molar-refractivity contribution in [3.8, 4) is 0 Å². The first-order valence-corrected chi connectivity index (χ1v) is 4.25. The van der Waals surface area contributed by atoms with Gasteiger partial charge in [-0.05, 0) is 12.1 Å². The highest BCUT2D eigenvalue weighted by Crippen LogP contribution is 2.08. The molecule has 0 aliphatic rings. The standard InChI is InChI=1S/C9H8F2N2O3/c10-8(11)9(16)13-6-2-1-5(12-4-6)3-7(14)15/h1-2,4,8H,3H2,(H,13,16)(H,14,15). The maximum absolute atomic E-state index is 11.9. The number of hydrogen-bond donors (Lipinski definition) is 2. The molecule has 1 heterocycles. The van der Waals surface area contributed by atoms with Crippen LogP contribution in [0.25, 0.3) is 0 Å². The molecule has 1 aromatic rings. The van der Waals surface area contributed by atoms with Crippen LogP contribution >= 0.6 is 0 Å². The Kier molecular flexibility index (Phi) is 3.87. The lowest BCUT2D eigenvalue weighted by Gasteiger charge is -2.04. The Balaban J connectivity index is 2.64. The maximum Gasteiger partial charge on any atom is 0.315 e. The van der Waals surface area contributed by atoms with Gasteiger partial charge in [-0.15, -0.1) is 0 Å². The normalized spacial score (nSPS) is 10.2. The first-order valence-electron chi connectivity index (χ1n) is 4.25. The summed E-state index contributed by atoms with van der Waals surface area (Å²) < 4.78 is 23.7. The highest BCUT2D eigenvalue weighted by atomic mass is 19.3. The highest BCUT2D eigenvalue weighted by molar-refractivity contribution is 5.92. The molecule has 0 aliphatic carbocycles. The van der Waals surface area contributed by atoms with Gasteiger partial charge in [-0.25, -0.2) is 0 Å². The van der Waals surface area contributed by atoms with Gasteiger partial charge in [0, 0.05) is 0 Å². The van der Waals surface area contributed by atoms with E-state index in [-0.39, 0.29) is 17.8 Å². The van der Waals surface area contributed by atoms with E-state index in [2.05, 4.69) is 4.98 Å². The Bertz CT molecular complexity index is 392. The summed E-state index contributed by atoms with van der Waals surface area (Å²) in [6.45, 7) is 0. The summed E-state index contributed by atoms with van der Waals surface area (Å²) in [5.74, 6) is -2.47. The first-order chi connectivity index (χ1) is 7.49. The summed E-state index contributed by atoms with van der Waals surface area (Å²) in [5, 5.41) is 10.4. The van der Waals surface area contributed by atoms with Crippen LogP contribution in [-0.2, 0) is 16.0 Å². The van der Waals surface area contributed by atoms with Crippen molar-refractivity contribution in [1.29, 1.82) is 0 Å². The van der Waals surface area contributed by atoms with Gasteiger partial charge in [-0.2, -0.15) is 8.78 Å². The van der Waals surface area contributed by atoms with Gasteiger partial charge in [0.05, 0.1) is 24.0 Å². The molecule has 16 heavy (non-hydrogen) atoms. The molecule has 0 spiro atoms. The van der Waals surface area contributed by atoms with Crippen LogP contribution in [0.1, 0.15) is 5.69 Å². The molecule has 2 N–H and O–H groups in total. The molecule has 7 heteroatoms. The lowest BCUT2D eigenvalue weighted by Crippen LogP contribution is -2.20. The summed E-state index contributed by atoms with van der Waals surface area (Å²) in [5.41, 5.74) is 0.377. The van der Waals surface area contributed by atoms with Gasteiger partial charge in [-0.3, -0.25) is 14.6 Å². The number of halogens is 2. The van der Waals surface area contributed by atoms with Crippen molar-refractivity contribution in [2.75, 3.05) is 5.32 Å². The van der Waals surface area contributed by atoms with Crippen molar-refractivity contribution in [3.05, 3.63) is 24.0 Å². The van der Waals surface area contributed by atoms with Crippen molar-refractivity contribution in [1.82, 2.24) is 4.98 Å². The number of aliphatic carboxylic acids is 1. The van der Waals surface area contributed by atoms with Gasteiger partial charge in [0.1, 0.15) is 0 Å². The predicted octanol–water partition coefficient (Wildman–Crippen LogP) is 0.912. The average Bonchev–Trinajstić information content (AvgIpc) is 2.20. The number of pyridine rings is 1. The molecule has 0 saturated carbocycles. The molecule has 1 aromatic heterocycles. The predicted molar refractivity (Wildman–Crippen MR) is 50.2 cm³/mol. The number of nitrogens with zero attached hydrogens (tertiary/aromatic N) is 1. The molecule has 0 aromatic carbocycles. The number of rotatable bonds is 4. The Morgan fingerprint density at radius 1 is 1.44 bits per heavy atom. The second-order valence-corrected chi connectivity index (χ2v) is 2.90. The molecule has 0 atom stereocenters. The molecule has 0 unspecified atom stereocenters. The third-order valence-corrected chi connectivity index (χ3v) is 1.62. The van der Waals surface area contributed by atoms with E-state index >= 15 is 0 Å². The van der Waals surface area contributed by atoms with Crippen molar-refractivity contribution in [2.24, 2.45) is 0 Å². The molecule has 0 radical (unpaired) electrons. The minimum absolute atomic E-state index is 0.0967. The van der Waals surface area contributed by atoms with Gasteiger partial charge in [0.15, 0.2) is 0 Å². The number of carboxylic acid groups (broad SMARTS) is 1. The number of aromatic nitrogens is 1. The third kappa shape index (κ3) is 3.60. The molecular formula is C9H8F2N2O3. The molecule has 86 valence electrons. The third-order valence-electron chi connectivity index (χ3n) is 1.62. The molecule has 1 rings (SSSR count). The molecule has 0 bridgehead atoms. The second-order valence-electron chi connectivity index (χ2n) is 2.90. The Hall–Kier alpha value is -2.05. The van der Waals surface area contributed by atoms with Crippen LogP contribution in [0.4, 0.5) is 14.5 Å². The van der Waals surface area contributed by atoms with Crippen LogP contribution < -0.4 is 5.32 Å². The first kappa shape index (κ1) is 12.0. The van der Waals surface area contributed by atoms with E-state index in [1.54, 1.807) is 0 Å². The van der Waals surface area contributed by atoms with Crippen LogP contribution in [0.5, 0.6) is 0 Å². The van der Waals surface area contributed by atoms with Crippen LogP contribution in [0.3, 0.4) is 0 Å². The summed E-state index contributed by atoms with van der Waals surface area (Å²) in [6, 6.07) is 2.65. The fourth-order valence-corrected chi connectivity index (χ4v) is 0.955. The number of carboxylic acids is 1. The molecule has 1 amide bonds. The maximum atomic E-state index is 11.9. The van der Waals surface area contributed by atoms with E-state index in [0.717, 1.165) is 6.20 Å². The number of anilines is 1. The van der Waals surface area contributed by atoms with Crippen LogP contribution in [0.2, 0.25) is 0 Å². The molecule has 0 fully saturated rings.